The van der Waals surface area contributed by atoms with Gasteiger partial charge in [0.05, 0.1) is 70.6 Å². The molecule has 9 fully saturated rings. The highest BCUT2D eigenvalue weighted by atomic mass is 16.8. The summed E-state index contributed by atoms with van der Waals surface area (Å²) in [5.41, 5.74) is 0. The summed E-state index contributed by atoms with van der Waals surface area (Å²) in [7, 11) is 0. The molecule has 0 spiro atoms. The van der Waals surface area contributed by atoms with Gasteiger partial charge in [0, 0.05) is 27.2 Å². The quantitative estimate of drug-likeness (QED) is 0.0331. The van der Waals surface area contributed by atoms with Crippen molar-refractivity contribution in [3.63, 3.8) is 0 Å². The van der Waals surface area contributed by atoms with Crippen molar-refractivity contribution >= 4 is 23.7 Å². The van der Waals surface area contributed by atoms with Crippen molar-refractivity contribution in [2.45, 2.75) is 323 Å². The molecule has 0 radical (unpaired) electrons. The number of hydrogen-bond acceptors (Lipinski definition) is 46. The SMILES string of the molecule is CC(=O)N[C@H]1[C@H](OC[C@H]2O[C@@H](O[C@H]3[C@H](O)[C@@H](O)[C@@H](O)O[C@@H]3CO)[C@H](O)[C@@H](O[C@@H]3O[C@H](CO)[C@@H](O[C@@H]4O[C@H](CO)[C@H](O)[C@H](O)[C@H]4O[C@@H]4O[C@@H](C)[C@@H](O)[C@@H](O)[C@@H]4O)[C@H](O)[C@H]3NC(C)=O)[C@H]2O)O[C@H](CO[C@]2(C(=O)O)C[C@H](O)[C@@H](NC(C)=O)[C@H]([C@H](O)[C@H](O)CO)O2)[C@@H](O[C@@H]2O[C@H](CO)[C@H](O)[C@H](O)[C@H]2O[C@@H]2O[C@@H](C)[C@@H](O)[C@@H](O)[C@@H]2O)[C@@H]1O. The number of amides is 3. The summed E-state index contributed by atoms with van der Waals surface area (Å²) in [6.07, 6.45) is -89.2. The van der Waals surface area contributed by atoms with Crippen molar-refractivity contribution in [3.8, 4) is 0 Å². The third kappa shape index (κ3) is 20.3. The predicted octanol–water partition coefficient (Wildman–Crippen LogP) is -18.9. The van der Waals surface area contributed by atoms with E-state index in [0.717, 1.165) is 20.8 Å². The zero-order chi connectivity index (χ0) is 83.6. The smallest absolute Gasteiger partial charge is 0.364 e. The van der Waals surface area contributed by atoms with E-state index in [4.69, 9.17) is 80.5 Å². The molecule has 9 saturated heterocycles. The van der Waals surface area contributed by atoms with Crippen LogP contribution in [0.1, 0.15) is 41.0 Å². The molecule has 0 aliphatic carbocycles. The first-order chi connectivity index (χ1) is 53.2. The summed E-state index contributed by atoms with van der Waals surface area (Å²) in [5, 5.41) is 295. The van der Waals surface area contributed by atoms with E-state index in [-0.39, 0.29) is 0 Å². The molecule has 0 saturated carbocycles. The fourth-order valence-corrected chi connectivity index (χ4v) is 14.5. The van der Waals surface area contributed by atoms with Gasteiger partial charge in [-0.1, -0.05) is 0 Å². The van der Waals surface area contributed by atoms with Crippen LogP contribution in [0.25, 0.3) is 0 Å². The van der Waals surface area contributed by atoms with Crippen LogP contribution >= 0.6 is 0 Å². The van der Waals surface area contributed by atoms with E-state index in [9.17, 15) is 152 Å². The van der Waals surface area contributed by atoms with Crippen LogP contribution in [0.2, 0.25) is 0 Å². The van der Waals surface area contributed by atoms with E-state index >= 15 is 0 Å². The minimum atomic E-state index is -3.27. The Labute approximate surface area is 639 Å². The molecule has 0 aromatic carbocycles. The maximum absolute atomic E-state index is 13.6. The fraction of sp³-hybridized carbons (Fsp3) is 0.937. The Morgan fingerprint density at radius 2 is 0.770 bits per heavy atom. The molecule has 9 rings (SSSR count). The lowest BCUT2D eigenvalue weighted by Crippen LogP contribution is -2.70. The predicted molar refractivity (Wildman–Crippen MR) is 346 cm³/mol. The van der Waals surface area contributed by atoms with Crippen molar-refractivity contribution in [2.24, 2.45) is 0 Å². The van der Waals surface area contributed by atoms with Gasteiger partial charge in [-0.25, -0.2) is 4.79 Å². The lowest BCUT2D eigenvalue weighted by Gasteiger charge is -2.51. The van der Waals surface area contributed by atoms with Gasteiger partial charge in [-0.2, -0.15) is 0 Å². The minimum Gasteiger partial charge on any atom is -0.477 e. The maximum atomic E-state index is 13.6. The van der Waals surface area contributed by atoms with Crippen LogP contribution in [0.15, 0.2) is 0 Å². The molecule has 46 atom stereocenters. The first-order valence-electron chi connectivity index (χ1n) is 36.0. The number of carboxylic acids is 1. The van der Waals surface area contributed by atoms with E-state index in [1.165, 1.54) is 13.8 Å². The number of carbonyl (C=O) groups is 4. The zero-order valence-electron chi connectivity index (χ0n) is 60.8. The molecule has 50 nitrogen and oxygen atoms in total. The van der Waals surface area contributed by atoms with Crippen LogP contribution in [0.4, 0.5) is 0 Å². The van der Waals surface area contributed by atoms with Crippen LogP contribution in [-0.4, -0.2) is 484 Å². The van der Waals surface area contributed by atoms with Gasteiger partial charge >= 0.3 is 5.97 Å². The second-order valence-corrected chi connectivity index (χ2v) is 28.9. The summed E-state index contributed by atoms with van der Waals surface area (Å²) in [4.78, 5) is 52.5. The van der Waals surface area contributed by atoms with E-state index in [1.54, 1.807) is 0 Å². The number of aliphatic hydroxyl groups excluding tert-OH is 25. The van der Waals surface area contributed by atoms with E-state index in [2.05, 4.69) is 16.0 Å². The van der Waals surface area contributed by atoms with Gasteiger partial charge in [-0.3, -0.25) is 14.4 Å². The molecule has 0 bridgehead atoms. The molecular weight excluding hydrogens is 1550 g/mol. The molecule has 0 aromatic rings. The Morgan fingerprint density at radius 1 is 0.381 bits per heavy atom. The summed E-state index contributed by atoms with van der Waals surface area (Å²) >= 11 is 0. The average Bonchev–Trinajstić information content (AvgIpc) is 0.767. The van der Waals surface area contributed by atoms with E-state index in [0.29, 0.717) is 0 Å². The number of aliphatic carboxylic acids is 1. The standard InChI is InChI=1S/C63H105N3O47/c1-14-30(77)38(85)44(91)57(99-14)111-52-40(87)33(80)21(8-68)102-60(52)108-47-24(11-71)104-56(29(37(47)84)66-18(5)74)110-51-35(82)25(105-59(46(51)93)107-48-23(10-70)101-54(94)43(90)42(48)89)12-97-55-28(65-17(4)73)36(83)49(109-61-53(41(88)34(81)22(9-69)103-61)112-58-45(92)39(86)31(78)15(2)100-58)26(106-55)13-98-63(62(95)96)6-19(75)27(64-16(3)72)50(113-63)32(79)20(76)7-67/h14-15,19-61,67-71,75-94H,6-13H2,1-5H3,(H,64,72)(H,65,73)(H,66,74)(H,95,96)/t14-,15-,19-,20+,21+,22+,23+,24+,25+,26+,27+,28+,29+,30+,31+,32+,33-,34-,35-,36+,37+,38+,39+,40-,41-,42+,43+,44-,45-,46+,47+,48+,49+,50+,51-,52+,53+,54-,55+,56-,57-,58-,59-,60-,61-,63+/m0/s1. The third-order valence-corrected chi connectivity index (χ3v) is 20.9. The number of rotatable bonds is 29. The normalized spacial score (nSPS) is 49.2. The summed E-state index contributed by atoms with van der Waals surface area (Å²) in [5.74, 6) is -8.35. The Bertz CT molecular complexity index is 3040. The van der Waals surface area contributed by atoms with Crippen LogP contribution in [0.5, 0.6) is 0 Å². The molecule has 654 valence electrons. The first kappa shape index (κ1) is 93.1. The van der Waals surface area contributed by atoms with Gasteiger partial charge in [-0.05, 0) is 13.8 Å². The molecule has 0 unspecified atom stereocenters. The molecule has 50 heteroatoms. The van der Waals surface area contributed by atoms with Crippen LogP contribution in [0.3, 0.4) is 0 Å². The Morgan fingerprint density at radius 3 is 1.24 bits per heavy atom. The molecule has 0 aromatic heterocycles. The first-order valence-corrected chi connectivity index (χ1v) is 36.0. The molecule has 113 heavy (non-hydrogen) atoms. The number of ether oxygens (including phenoxy) is 17. The molecule has 9 aliphatic heterocycles. The molecule has 29 N–H and O–H groups in total. The fourth-order valence-electron chi connectivity index (χ4n) is 14.5. The van der Waals surface area contributed by atoms with Crippen LogP contribution < -0.4 is 16.0 Å². The lowest BCUT2D eigenvalue weighted by molar-refractivity contribution is -0.394. The lowest BCUT2D eigenvalue weighted by atomic mass is 9.88. The van der Waals surface area contributed by atoms with Gasteiger partial charge in [0.2, 0.25) is 17.7 Å². The molecular formula is C63H105N3O47. The van der Waals surface area contributed by atoms with Gasteiger partial charge in [0.15, 0.2) is 50.3 Å². The largest absolute Gasteiger partial charge is 0.477 e. The van der Waals surface area contributed by atoms with Crippen molar-refractivity contribution in [2.75, 3.05) is 46.2 Å². The summed E-state index contributed by atoms with van der Waals surface area (Å²) < 4.78 is 100. The van der Waals surface area contributed by atoms with Gasteiger partial charge < -0.3 is 229 Å². The number of nitrogens with one attached hydrogen (secondary N) is 3. The average molecular weight is 1660 g/mol. The van der Waals surface area contributed by atoms with Crippen molar-refractivity contribution < 1.29 is 232 Å². The Kier molecular flexibility index (Phi) is 32.6. The van der Waals surface area contributed by atoms with E-state index < -0.39 is 358 Å². The molecule has 9 heterocycles. The van der Waals surface area contributed by atoms with E-state index in [1.807, 2.05) is 0 Å². The molecule has 9 aliphatic rings. The Balaban J connectivity index is 1.07. The highest BCUT2D eigenvalue weighted by Crippen LogP contribution is 2.41. The van der Waals surface area contributed by atoms with Gasteiger partial charge in [0.25, 0.3) is 5.79 Å². The third-order valence-electron chi connectivity index (χ3n) is 20.9. The van der Waals surface area contributed by atoms with Gasteiger partial charge in [-0.15, -0.1) is 0 Å². The van der Waals surface area contributed by atoms with Gasteiger partial charge in [0.1, 0.15) is 201 Å². The monoisotopic (exact) mass is 1660 g/mol. The summed E-state index contributed by atoms with van der Waals surface area (Å²) in [6.45, 7) is -3.11. The second kappa shape index (κ2) is 39.6. The van der Waals surface area contributed by atoms with Crippen LogP contribution in [-0.2, 0) is 99.7 Å². The number of carbonyl (C=O) groups excluding carboxylic acids is 3. The number of aliphatic hydroxyl groups is 25. The summed E-state index contributed by atoms with van der Waals surface area (Å²) in [6, 6.07) is -5.91. The topological polar surface area (TPSA) is 787 Å². The number of hydrogen-bond donors (Lipinski definition) is 29. The molecule has 3 amide bonds. The van der Waals surface area contributed by atoms with Crippen molar-refractivity contribution in [1.82, 2.24) is 16.0 Å². The number of carboxylic acid groups (broad SMARTS) is 1. The maximum Gasteiger partial charge on any atom is 0.364 e. The van der Waals surface area contributed by atoms with Crippen molar-refractivity contribution in [3.05, 3.63) is 0 Å². The zero-order valence-corrected chi connectivity index (χ0v) is 60.8. The second-order valence-electron chi connectivity index (χ2n) is 28.9. The highest BCUT2D eigenvalue weighted by Gasteiger charge is 2.62. The minimum absolute atomic E-state index is 0.882. The Hall–Kier alpha value is -3.80. The highest BCUT2D eigenvalue weighted by molar-refractivity contribution is 5.77. The van der Waals surface area contributed by atoms with Crippen molar-refractivity contribution in [1.29, 1.82) is 0 Å². The van der Waals surface area contributed by atoms with Crippen LogP contribution in [0, 0.1) is 0 Å².